The number of nitrogens with zero attached hydrogens (tertiary/aromatic N) is 1. The maximum atomic E-state index is 12.7. The number of unbranched alkanes of at least 4 members (excludes halogenated alkanes) is 3. The van der Waals surface area contributed by atoms with Gasteiger partial charge in [-0.3, -0.25) is 4.79 Å². The van der Waals surface area contributed by atoms with Crippen LogP contribution in [0.1, 0.15) is 66.7 Å². The largest absolute Gasteiger partial charge is 0.327 e. The topological polar surface area (TPSA) is 32.3 Å². The first-order valence-corrected chi connectivity index (χ1v) is 10.2. The summed E-state index contributed by atoms with van der Waals surface area (Å²) >= 11 is 3.49. The third-order valence-corrected chi connectivity index (χ3v) is 5.69. The minimum atomic E-state index is -0.126. The summed E-state index contributed by atoms with van der Waals surface area (Å²) in [6.45, 7) is 2.24. The van der Waals surface area contributed by atoms with Crippen molar-refractivity contribution in [1.82, 2.24) is 5.32 Å². The normalized spacial score (nSPS) is 17.8. The zero-order valence-corrected chi connectivity index (χ0v) is 16.6. The summed E-state index contributed by atoms with van der Waals surface area (Å²) in [6, 6.07) is 14.3. The number of carbonyl (C=O) groups is 1. The molecule has 0 saturated heterocycles. The third kappa shape index (κ3) is 3.07. The number of nitrogens with one attached hydrogen (secondary N) is 1. The lowest BCUT2D eigenvalue weighted by molar-refractivity contribution is 0.0928. The Morgan fingerprint density at radius 1 is 1.12 bits per heavy atom. The fourth-order valence-electron chi connectivity index (χ4n) is 3.91. The van der Waals surface area contributed by atoms with E-state index in [-0.39, 0.29) is 12.1 Å². The highest BCUT2D eigenvalue weighted by molar-refractivity contribution is 9.10. The molecule has 4 heteroatoms. The second kappa shape index (κ2) is 7.28. The molecule has 3 nitrogen and oxygen atoms in total. The Morgan fingerprint density at radius 3 is 2.81 bits per heavy atom. The van der Waals surface area contributed by atoms with Gasteiger partial charge >= 0.3 is 0 Å². The molecule has 1 atom stereocenters. The molecule has 2 aliphatic heterocycles. The highest BCUT2D eigenvalue weighted by atomic mass is 79.9. The van der Waals surface area contributed by atoms with Gasteiger partial charge in [0.1, 0.15) is 6.17 Å². The number of hydrogen-bond donors (Lipinski definition) is 1. The molecule has 2 aliphatic rings. The molecule has 0 bridgehead atoms. The van der Waals surface area contributed by atoms with Crippen molar-refractivity contribution < 1.29 is 4.79 Å². The van der Waals surface area contributed by atoms with Gasteiger partial charge in [0.25, 0.3) is 5.91 Å². The number of allylic oxidation sites excluding steroid dienone is 1. The molecule has 0 fully saturated rings. The van der Waals surface area contributed by atoms with E-state index < -0.39 is 0 Å². The van der Waals surface area contributed by atoms with Crippen LogP contribution in [0.4, 0.5) is 5.69 Å². The molecule has 4 rings (SSSR count). The lowest BCUT2D eigenvalue weighted by Gasteiger charge is -2.43. The summed E-state index contributed by atoms with van der Waals surface area (Å²) in [5.41, 5.74) is 5.38. The minimum Gasteiger partial charge on any atom is -0.327 e. The van der Waals surface area contributed by atoms with Crippen molar-refractivity contribution in [1.29, 1.82) is 0 Å². The smallest absolute Gasteiger partial charge is 0.255 e. The van der Waals surface area contributed by atoms with E-state index in [2.05, 4.69) is 63.4 Å². The minimum absolute atomic E-state index is 0.00964. The van der Waals surface area contributed by atoms with Crippen molar-refractivity contribution in [3.8, 4) is 0 Å². The number of anilines is 1. The summed E-state index contributed by atoms with van der Waals surface area (Å²) in [4.78, 5) is 15.0. The summed E-state index contributed by atoms with van der Waals surface area (Å²) in [5.74, 6) is -0.00964. The van der Waals surface area contributed by atoms with E-state index in [1.54, 1.807) is 0 Å². The van der Waals surface area contributed by atoms with E-state index >= 15 is 0 Å². The van der Waals surface area contributed by atoms with E-state index in [4.69, 9.17) is 0 Å². The van der Waals surface area contributed by atoms with Crippen LogP contribution in [-0.4, -0.2) is 5.91 Å². The van der Waals surface area contributed by atoms with Crippen molar-refractivity contribution in [2.45, 2.75) is 45.2 Å². The van der Waals surface area contributed by atoms with Crippen molar-refractivity contribution >= 4 is 33.6 Å². The second-order valence-electron chi connectivity index (χ2n) is 6.98. The average molecular weight is 411 g/mol. The van der Waals surface area contributed by atoms with Gasteiger partial charge in [-0.15, -0.1) is 0 Å². The lowest BCUT2D eigenvalue weighted by atomic mass is 9.92. The van der Waals surface area contributed by atoms with Crippen molar-refractivity contribution in [2.75, 3.05) is 4.90 Å². The van der Waals surface area contributed by atoms with Gasteiger partial charge in [0, 0.05) is 15.7 Å². The number of carbonyl (C=O) groups excluding carboxylic acids is 1. The van der Waals surface area contributed by atoms with Crippen LogP contribution in [0, 0.1) is 0 Å². The maximum absolute atomic E-state index is 12.7. The monoisotopic (exact) mass is 410 g/mol. The molecule has 0 saturated carbocycles. The zero-order valence-electron chi connectivity index (χ0n) is 15.0. The number of hydrogen-bond acceptors (Lipinski definition) is 2. The summed E-state index contributed by atoms with van der Waals surface area (Å²) in [7, 11) is 0. The molecule has 134 valence electrons. The molecule has 0 aliphatic carbocycles. The Morgan fingerprint density at radius 2 is 1.96 bits per heavy atom. The van der Waals surface area contributed by atoms with E-state index in [1.807, 2.05) is 18.2 Å². The number of amides is 1. The van der Waals surface area contributed by atoms with Crippen LogP contribution in [-0.2, 0) is 0 Å². The third-order valence-electron chi connectivity index (χ3n) is 5.20. The lowest BCUT2D eigenvalue weighted by Crippen LogP contribution is -2.47. The first kappa shape index (κ1) is 17.3. The van der Waals surface area contributed by atoms with Crippen molar-refractivity contribution in [3.05, 3.63) is 69.3 Å². The van der Waals surface area contributed by atoms with Gasteiger partial charge < -0.3 is 10.2 Å². The molecule has 1 N–H and O–H groups in total. The first-order valence-electron chi connectivity index (χ1n) is 9.38. The van der Waals surface area contributed by atoms with E-state index in [9.17, 15) is 4.79 Å². The van der Waals surface area contributed by atoms with Gasteiger partial charge in [0.2, 0.25) is 0 Å². The Hall–Kier alpha value is -2.07. The van der Waals surface area contributed by atoms with Gasteiger partial charge in [-0.2, -0.15) is 0 Å². The van der Waals surface area contributed by atoms with Crippen molar-refractivity contribution in [2.24, 2.45) is 0 Å². The molecule has 1 amide bonds. The van der Waals surface area contributed by atoms with Gasteiger partial charge in [-0.1, -0.05) is 66.4 Å². The predicted octanol–water partition coefficient (Wildman–Crippen LogP) is 6.02. The summed E-state index contributed by atoms with van der Waals surface area (Å²) in [6.07, 6.45) is 8.11. The van der Waals surface area contributed by atoms with Gasteiger partial charge in [-0.25, -0.2) is 0 Å². The quantitative estimate of drug-likeness (QED) is 0.610. The Labute approximate surface area is 163 Å². The SMILES string of the molecule is CCCCCCC1=Cc2ccccc2C2NC(=O)c3cc(Br)ccc3N12. The molecule has 2 heterocycles. The van der Waals surface area contributed by atoms with Crippen LogP contribution < -0.4 is 10.2 Å². The Bertz CT molecular complexity index is 874. The number of rotatable bonds is 5. The van der Waals surface area contributed by atoms with Gasteiger partial charge in [-0.05, 0) is 42.7 Å². The fourth-order valence-corrected chi connectivity index (χ4v) is 4.27. The number of benzene rings is 2. The van der Waals surface area contributed by atoms with Gasteiger partial charge in [0.05, 0.1) is 11.3 Å². The molecule has 0 aromatic heterocycles. The summed E-state index contributed by atoms with van der Waals surface area (Å²) in [5, 5.41) is 3.21. The van der Waals surface area contributed by atoms with Crippen molar-refractivity contribution in [3.63, 3.8) is 0 Å². The average Bonchev–Trinajstić information content (AvgIpc) is 2.65. The van der Waals surface area contributed by atoms with Crippen LogP contribution in [0.15, 0.2) is 52.6 Å². The molecular formula is C22H23BrN2O. The van der Waals surface area contributed by atoms with Crippen LogP contribution in [0.25, 0.3) is 6.08 Å². The standard InChI is InChI=1S/C22H23BrN2O/c1-2-3-4-5-9-17-13-15-8-6-7-10-18(15)21-24-22(26)19-14-16(23)11-12-20(19)25(17)21/h6-8,10-14,21H,2-5,9H2,1H3,(H,24,26). The number of halogens is 1. The zero-order chi connectivity index (χ0) is 18.1. The van der Waals surface area contributed by atoms with E-state index in [1.165, 1.54) is 36.9 Å². The van der Waals surface area contributed by atoms with E-state index in [0.717, 1.165) is 27.7 Å². The molecule has 0 radical (unpaired) electrons. The molecule has 2 aromatic rings. The van der Waals surface area contributed by atoms with Crippen LogP contribution >= 0.6 is 15.9 Å². The fraction of sp³-hybridized carbons (Fsp3) is 0.318. The molecular weight excluding hydrogens is 388 g/mol. The first-order chi connectivity index (χ1) is 12.7. The van der Waals surface area contributed by atoms with Gasteiger partial charge in [0.15, 0.2) is 0 Å². The second-order valence-corrected chi connectivity index (χ2v) is 7.90. The predicted molar refractivity (Wildman–Crippen MR) is 110 cm³/mol. The molecule has 2 aromatic carbocycles. The van der Waals surface area contributed by atoms with E-state index in [0.29, 0.717) is 0 Å². The Balaban J connectivity index is 1.77. The number of fused-ring (bicyclic) bond motifs is 5. The molecule has 1 unspecified atom stereocenters. The summed E-state index contributed by atoms with van der Waals surface area (Å²) < 4.78 is 0.927. The molecule has 0 spiro atoms. The highest BCUT2D eigenvalue weighted by Crippen LogP contribution is 2.43. The van der Waals surface area contributed by atoms with Crippen LogP contribution in [0.3, 0.4) is 0 Å². The highest BCUT2D eigenvalue weighted by Gasteiger charge is 2.36. The molecule has 26 heavy (non-hydrogen) atoms. The maximum Gasteiger partial charge on any atom is 0.255 e. The Kier molecular flexibility index (Phi) is 4.86. The van der Waals surface area contributed by atoms with Crippen LogP contribution in [0.5, 0.6) is 0 Å². The van der Waals surface area contributed by atoms with Crippen LogP contribution in [0.2, 0.25) is 0 Å².